The molecule has 0 spiro atoms. The van der Waals surface area contributed by atoms with Crippen LogP contribution in [0.2, 0.25) is 0 Å². The molecule has 5 heteroatoms. The highest BCUT2D eigenvalue weighted by Crippen LogP contribution is 2.25. The van der Waals surface area contributed by atoms with Gasteiger partial charge in [-0.1, -0.05) is 12.1 Å². The minimum absolute atomic E-state index is 0.180. The van der Waals surface area contributed by atoms with E-state index in [1.165, 1.54) is 0 Å². The molecule has 2 unspecified atom stereocenters. The molecule has 1 heterocycles. The number of aryl methyl sites for hydroxylation is 1. The molecule has 3 rings (SSSR count). The predicted molar refractivity (Wildman–Crippen MR) is 93.1 cm³/mol. The summed E-state index contributed by atoms with van der Waals surface area (Å²) in [5, 5.41) is 10.0. The Kier molecular flexibility index (Phi) is 5.74. The molecule has 2 fully saturated rings. The summed E-state index contributed by atoms with van der Waals surface area (Å²) in [6, 6.07) is 8.22. The van der Waals surface area contributed by atoms with Gasteiger partial charge in [0.1, 0.15) is 5.75 Å². The van der Waals surface area contributed by atoms with Crippen LogP contribution in [-0.4, -0.2) is 66.2 Å². The molecule has 1 aromatic rings. The fourth-order valence-electron chi connectivity index (χ4n) is 3.89. The molecule has 1 saturated carbocycles. The Morgan fingerprint density at radius 1 is 1.25 bits per heavy atom. The first-order chi connectivity index (χ1) is 11.7. The molecular formula is C19H28N2O3. The first kappa shape index (κ1) is 17.2. The maximum absolute atomic E-state index is 12.4. The number of hydrogen-bond donors (Lipinski definition) is 1. The first-order valence-corrected chi connectivity index (χ1v) is 9.00. The molecule has 1 saturated heterocycles. The number of methoxy groups -OCH3 is 1. The SMILES string of the molecule is COc1cccc(CCC(=O)N2CCN(C3CCCC3O)CC2)c1. The summed E-state index contributed by atoms with van der Waals surface area (Å²) in [6.45, 7) is 3.32. The fourth-order valence-corrected chi connectivity index (χ4v) is 3.89. The fraction of sp³-hybridized carbons (Fsp3) is 0.632. The summed E-state index contributed by atoms with van der Waals surface area (Å²) in [7, 11) is 1.66. The Bertz CT molecular complexity index is 555. The number of carbonyl (C=O) groups is 1. The van der Waals surface area contributed by atoms with Crippen molar-refractivity contribution < 1.29 is 14.6 Å². The molecule has 24 heavy (non-hydrogen) atoms. The van der Waals surface area contributed by atoms with Gasteiger partial charge in [-0.3, -0.25) is 9.69 Å². The van der Waals surface area contributed by atoms with Crippen molar-refractivity contribution in [3.63, 3.8) is 0 Å². The molecule has 2 aliphatic rings. The van der Waals surface area contributed by atoms with Crippen molar-refractivity contribution in [2.24, 2.45) is 0 Å². The van der Waals surface area contributed by atoms with Gasteiger partial charge in [-0.15, -0.1) is 0 Å². The standard InChI is InChI=1S/C19H28N2O3/c1-24-16-5-2-4-15(14-16)8-9-19(23)21-12-10-20(11-13-21)17-6-3-7-18(17)22/h2,4-5,14,17-18,22H,3,6-13H2,1H3. The maximum atomic E-state index is 12.4. The molecule has 1 aliphatic carbocycles. The second-order valence-corrected chi connectivity index (χ2v) is 6.83. The molecule has 1 N–H and O–H groups in total. The van der Waals surface area contributed by atoms with Crippen molar-refractivity contribution >= 4 is 5.91 Å². The number of amides is 1. The second-order valence-electron chi connectivity index (χ2n) is 6.83. The summed E-state index contributed by atoms with van der Waals surface area (Å²) in [5.41, 5.74) is 1.13. The number of aliphatic hydroxyl groups is 1. The summed E-state index contributed by atoms with van der Waals surface area (Å²) in [6.07, 6.45) is 4.23. The zero-order valence-electron chi connectivity index (χ0n) is 14.5. The van der Waals surface area contributed by atoms with E-state index in [1.54, 1.807) is 7.11 Å². The number of piperazine rings is 1. The highest BCUT2D eigenvalue weighted by atomic mass is 16.5. The van der Waals surface area contributed by atoms with Crippen LogP contribution in [0, 0.1) is 0 Å². The van der Waals surface area contributed by atoms with E-state index in [1.807, 2.05) is 29.2 Å². The summed E-state index contributed by atoms with van der Waals surface area (Å²) < 4.78 is 5.23. The molecule has 1 aliphatic heterocycles. The first-order valence-electron chi connectivity index (χ1n) is 9.00. The zero-order chi connectivity index (χ0) is 16.9. The Morgan fingerprint density at radius 2 is 2.04 bits per heavy atom. The Morgan fingerprint density at radius 3 is 2.71 bits per heavy atom. The van der Waals surface area contributed by atoms with Crippen LogP contribution >= 0.6 is 0 Å². The highest BCUT2D eigenvalue weighted by Gasteiger charge is 2.33. The van der Waals surface area contributed by atoms with E-state index in [9.17, 15) is 9.90 Å². The van der Waals surface area contributed by atoms with E-state index in [0.29, 0.717) is 12.5 Å². The van der Waals surface area contributed by atoms with E-state index in [2.05, 4.69) is 4.90 Å². The topological polar surface area (TPSA) is 53.0 Å². The lowest BCUT2D eigenvalue weighted by atomic mass is 10.1. The number of nitrogens with zero attached hydrogens (tertiary/aromatic N) is 2. The van der Waals surface area contributed by atoms with Crippen LogP contribution in [0.4, 0.5) is 0 Å². The largest absolute Gasteiger partial charge is 0.497 e. The van der Waals surface area contributed by atoms with Crippen molar-refractivity contribution in [1.82, 2.24) is 9.80 Å². The van der Waals surface area contributed by atoms with Gasteiger partial charge in [0.2, 0.25) is 5.91 Å². The molecule has 0 bridgehead atoms. The van der Waals surface area contributed by atoms with Crippen molar-refractivity contribution in [2.75, 3.05) is 33.3 Å². The average Bonchev–Trinajstić information content (AvgIpc) is 3.06. The Labute approximate surface area is 144 Å². The third kappa shape index (κ3) is 4.08. The molecule has 132 valence electrons. The summed E-state index contributed by atoms with van der Waals surface area (Å²) >= 11 is 0. The van der Waals surface area contributed by atoms with Crippen LogP contribution in [-0.2, 0) is 11.2 Å². The number of benzene rings is 1. The van der Waals surface area contributed by atoms with Gasteiger partial charge in [0.15, 0.2) is 0 Å². The van der Waals surface area contributed by atoms with E-state index in [-0.39, 0.29) is 12.0 Å². The van der Waals surface area contributed by atoms with Crippen LogP contribution in [0.15, 0.2) is 24.3 Å². The van der Waals surface area contributed by atoms with Gasteiger partial charge in [-0.05, 0) is 43.4 Å². The zero-order valence-corrected chi connectivity index (χ0v) is 14.5. The lowest BCUT2D eigenvalue weighted by molar-refractivity contribution is -0.133. The third-order valence-electron chi connectivity index (χ3n) is 5.34. The van der Waals surface area contributed by atoms with Crippen molar-refractivity contribution in [3.8, 4) is 5.75 Å². The van der Waals surface area contributed by atoms with Crippen LogP contribution in [0.25, 0.3) is 0 Å². The summed E-state index contributed by atoms with van der Waals surface area (Å²) in [4.78, 5) is 16.8. The van der Waals surface area contributed by atoms with Crippen molar-refractivity contribution in [2.45, 2.75) is 44.2 Å². The number of ether oxygens (including phenoxy) is 1. The Hall–Kier alpha value is -1.59. The van der Waals surface area contributed by atoms with Gasteiger partial charge in [0.05, 0.1) is 13.2 Å². The molecule has 0 aromatic heterocycles. The minimum Gasteiger partial charge on any atom is -0.497 e. The summed E-state index contributed by atoms with van der Waals surface area (Å²) in [5.74, 6) is 1.06. The van der Waals surface area contributed by atoms with E-state index in [0.717, 1.165) is 63.2 Å². The number of carbonyl (C=O) groups excluding carboxylic acids is 1. The van der Waals surface area contributed by atoms with Gasteiger partial charge in [0.25, 0.3) is 0 Å². The lowest BCUT2D eigenvalue weighted by Gasteiger charge is -2.39. The van der Waals surface area contributed by atoms with Crippen LogP contribution in [0.5, 0.6) is 5.75 Å². The second kappa shape index (κ2) is 7.99. The van der Waals surface area contributed by atoms with Crippen molar-refractivity contribution in [1.29, 1.82) is 0 Å². The minimum atomic E-state index is -0.180. The van der Waals surface area contributed by atoms with Crippen LogP contribution < -0.4 is 4.74 Å². The van der Waals surface area contributed by atoms with E-state index >= 15 is 0 Å². The van der Waals surface area contributed by atoms with Gasteiger partial charge in [0, 0.05) is 38.6 Å². The maximum Gasteiger partial charge on any atom is 0.222 e. The van der Waals surface area contributed by atoms with E-state index < -0.39 is 0 Å². The number of hydrogen-bond acceptors (Lipinski definition) is 4. The predicted octanol–water partition coefficient (Wildman–Crippen LogP) is 1.69. The molecule has 5 nitrogen and oxygen atoms in total. The Balaban J connectivity index is 1.45. The smallest absolute Gasteiger partial charge is 0.222 e. The third-order valence-corrected chi connectivity index (χ3v) is 5.34. The number of aliphatic hydroxyl groups excluding tert-OH is 1. The van der Waals surface area contributed by atoms with Crippen molar-refractivity contribution in [3.05, 3.63) is 29.8 Å². The molecule has 0 radical (unpaired) electrons. The molecular weight excluding hydrogens is 304 g/mol. The molecule has 2 atom stereocenters. The highest BCUT2D eigenvalue weighted by molar-refractivity contribution is 5.76. The van der Waals surface area contributed by atoms with Gasteiger partial charge in [-0.2, -0.15) is 0 Å². The molecule has 1 aromatic carbocycles. The number of rotatable bonds is 5. The van der Waals surface area contributed by atoms with Crippen LogP contribution in [0.3, 0.4) is 0 Å². The monoisotopic (exact) mass is 332 g/mol. The quantitative estimate of drug-likeness (QED) is 0.891. The van der Waals surface area contributed by atoms with Gasteiger partial charge < -0.3 is 14.7 Å². The lowest BCUT2D eigenvalue weighted by Crippen LogP contribution is -2.53. The van der Waals surface area contributed by atoms with Crippen LogP contribution in [0.1, 0.15) is 31.2 Å². The van der Waals surface area contributed by atoms with Gasteiger partial charge >= 0.3 is 0 Å². The normalized spacial score (nSPS) is 25.0. The van der Waals surface area contributed by atoms with E-state index in [4.69, 9.17) is 4.74 Å². The van der Waals surface area contributed by atoms with Gasteiger partial charge in [-0.25, -0.2) is 0 Å². The average molecular weight is 332 g/mol. The molecule has 1 amide bonds.